The fourth-order valence-corrected chi connectivity index (χ4v) is 2.79. The van der Waals surface area contributed by atoms with Crippen LogP contribution in [-0.4, -0.2) is 66.6 Å². The molecule has 1 fully saturated rings. The van der Waals surface area contributed by atoms with Crippen molar-refractivity contribution in [3.63, 3.8) is 0 Å². The Bertz CT molecular complexity index is 192. The van der Waals surface area contributed by atoms with Crippen molar-refractivity contribution >= 4 is 10.8 Å². The molecule has 90 valence electrons. The van der Waals surface area contributed by atoms with Gasteiger partial charge in [-0.1, -0.05) is 0 Å². The number of hydrogen-bond acceptors (Lipinski definition) is 4. The Labute approximate surface area is 94.8 Å². The minimum absolute atomic E-state index is 0.527. The molecule has 0 aromatic carbocycles. The molecule has 1 heterocycles. The van der Waals surface area contributed by atoms with Crippen LogP contribution in [0.1, 0.15) is 6.92 Å². The van der Waals surface area contributed by atoms with Crippen LogP contribution in [0.2, 0.25) is 0 Å². The number of methoxy groups -OCH3 is 1. The molecule has 0 bridgehead atoms. The number of ether oxygens (including phenoxy) is 1. The molecule has 4 nitrogen and oxygen atoms in total. The quantitative estimate of drug-likeness (QED) is 0.639. The van der Waals surface area contributed by atoms with Gasteiger partial charge < -0.3 is 10.1 Å². The number of nitrogens with zero attached hydrogens (tertiary/aromatic N) is 1. The molecular formula is C10H22N2O2S. The van der Waals surface area contributed by atoms with Crippen LogP contribution in [0.5, 0.6) is 0 Å². The molecule has 1 saturated heterocycles. The van der Waals surface area contributed by atoms with Crippen molar-refractivity contribution in [2.45, 2.75) is 13.0 Å². The van der Waals surface area contributed by atoms with E-state index in [1.807, 2.05) is 0 Å². The van der Waals surface area contributed by atoms with Gasteiger partial charge in [0, 0.05) is 61.6 Å². The lowest BCUT2D eigenvalue weighted by molar-refractivity contribution is 0.188. The minimum atomic E-state index is -0.568. The molecule has 1 aliphatic rings. The summed E-state index contributed by atoms with van der Waals surface area (Å²) in [5.41, 5.74) is 0. The molecule has 0 aromatic rings. The number of nitrogens with one attached hydrogen (secondary N) is 1. The average molecular weight is 234 g/mol. The Kier molecular flexibility index (Phi) is 6.40. The van der Waals surface area contributed by atoms with Crippen molar-refractivity contribution in [3.8, 4) is 0 Å². The van der Waals surface area contributed by atoms with Gasteiger partial charge in [0.05, 0.1) is 6.61 Å². The van der Waals surface area contributed by atoms with Crippen LogP contribution in [0.25, 0.3) is 0 Å². The SMILES string of the molecule is COCCNCC(C)N1CCS(=O)CC1. The maximum atomic E-state index is 11.2. The molecular weight excluding hydrogens is 212 g/mol. The van der Waals surface area contributed by atoms with Crippen molar-refractivity contribution < 1.29 is 8.95 Å². The van der Waals surface area contributed by atoms with E-state index in [-0.39, 0.29) is 0 Å². The summed E-state index contributed by atoms with van der Waals surface area (Å²) in [7, 11) is 1.15. The van der Waals surface area contributed by atoms with Gasteiger partial charge in [-0.05, 0) is 6.92 Å². The molecule has 1 unspecified atom stereocenters. The van der Waals surface area contributed by atoms with Crippen LogP contribution in [0, 0.1) is 0 Å². The van der Waals surface area contributed by atoms with Gasteiger partial charge in [0.1, 0.15) is 0 Å². The summed E-state index contributed by atoms with van der Waals surface area (Å²) in [4.78, 5) is 2.40. The van der Waals surface area contributed by atoms with E-state index < -0.39 is 10.8 Å². The normalized spacial score (nSPS) is 21.7. The van der Waals surface area contributed by atoms with E-state index in [2.05, 4.69) is 17.1 Å². The van der Waals surface area contributed by atoms with E-state index in [9.17, 15) is 4.21 Å². The predicted octanol–water partition coefficient (Wildman–Crippen LogP) is -0.325. The fraction of sp³-hybridized carbons (Fsp3) is 1.00. The zero-order valence-electron chi connectivity index (χ0n) is 9.70. The van der Waals surface area contributed by atoms with Crippen molar-refractivity contribution in [2.75, 3.05) is 51.4 Å². The number of rotatable bonds is 6. The molecule has 0 radical (unpaired) electrons. The van der Waals surface area contributed by atoms with Gasteiger partial charge in [0.2, 0.25) is 0 Å². The van der Waals surface area contributed by atoms with E-state index in [1.54, 1.807) is 7.11 Å². The second-order valence-corrected chi connectivity index (χ2v) is 5.63. The Balaban J connectivity index is 2.11. The summed E-state index contributed by atoms with van der Waals surface area (Å²) in [5, 5.41) is 3.35. The molecule has 0 aliphatic carbocycles. The first-order valence-electron chi connectivity index (χ1n) is 5.52. The monoisotopic (exact) mass is 234 g/mol. The van der Waals surface area contributed by atoms with Crippen molar-refractivity contribution in [1.29, 1.82) is 0 Å². The summed E-state index contributed by atoms with van der Waals surface area (Å²) < 4.78 is 16.1. The summed E-state index contributed by atoms with van der Waals surface area (Å²) in [6, 6.07) is 0.527. The molecule has 1 rings (SSSR count). The third kappa shape index (κ3) is 5.06. The summed E-state index contributed by atoms with van der Waals surface area (Å²) >= 11 is 0. The molecule has 15 heavy (non-hydrogen) atoms. The van der Waals surface area contributed by atoms with E-state index in [4.69, 9.17) is 4.74 Å². The van der Waals surface area contributed by atoms with Gasteiger partial charge in [-0.3, -0.25) is 9.11 Å². The second kappa shape index (κ2) is 7.33. The van der Waals surface area contributed by atoms with Crippen LogP contribution in [-0.2, 0) is 15.5 Å². The van der Waals surface area contributed by atoms with Gasteiger partial charge >= 0.3 is 0 Å². The highest BCUT2D eigenvalue weighted by Crippen LogP contribution is 2.04. The molecule has 0 saturated carbocycles. The standard InChI is InChI=1S/C10H22N2O2S/c1-10(9-11-3-6-14-2)12-4-7-15(13)8-5-12/h10-11H,3-9H2,1-2H3. The molecule has 1 atom stereocenters. The van der Waals surface area contributed by atoms with Crippen LogP contribution >= 0.6 is 0 Å². The van der Waals surface area contributed by atoms with Crippen molar-refractivity contribution in [1.82, 2.24) is 10.2 Å². The lowest BCUT2D eigenvalue weighted by atomic mass is 10.2. The molecule has 0 amide bonds. The third-order valence-electron chi connectivity index (χ3n) is 2.76. The predicted molar refractivity (Wildman–Crippen MR) is 63.7 cm³/mol. The first-order chi connectivity index (χ1) is 7.24. The zero-order chi connectivity index (χ0) is 11.1. The van der Waals surface area contributed by atoms with Crippen molar-refractivity contribution in [2.24, 2.45) is 0 Å². The first-order valence-corrected chi connectivity index (χ1v) is 7.01. The van der Waals surface area contributed by atoms with Gasteiger partial charge in [0.25, 0.3) is 0 Å². The maximum absolute atomic E-state index is 11.2. The average Bonchev–Trinajstić information content (AvgIpc) is 2.25. The highest BCUT2D eigenvalue weighted by atomic mass is 32.2. The van der Waals surface area contributed by atoms with Gasteiger partial charge in [-0.15, -0.1) is 0 Å². The Morgan fingerprint density at radius 2 is 2.13 bits per heavy atom. The van der Waals surface area contributed by atoms with Crippen LogP contribution < -0.4 is 5.32 Å². The Morgan fingerprint density at radius 3 is 2.73 bits per heavy atom. The smallest absolute Gasteiger partial charge is 0.0587 e. The van der Waals surface area contributed by atoms with E-state index in [0.29, 0.717) is 6.04 Å². The third-order valence-corrected chi connectivity index (χ3v) is 4.03. The van der Waals surface area contributed by atoms with Crippen LogP contribution in [0.4, 0.5) is 0 Å². The Morgan fingerprint density at radius 1 is 1.47 bits per heavy atom. The number of hydrogen-bond donors (Lipinski definition) is 1. The zero-order valence-corrected chi connectivity index (χ0v) is 10.5. The topological polar surface area (TPSA) is 41.6 Å². The highest BCUT2D eigenvalue weighted by Gasteiger charge is 2.19. The van der Waals surface area contributed by atoms with Crippen LogP contribution in [0.3, 0.4) is 0 Å². The van der Waals surface area contributed by atoms with E-state index in [0.717, 1.165) is 44.3 Å². The van der Waals surface area contributed by atoms with E-state index >= 15 is 0 Å². The molecule has 0 aromatic heterocycles. The molecule has 5 heteroatoms. The Hall–Kier alpha value is 0.0300. The van der Waals surface area contributed by atoms with Crippen molar-refractivity contribution in [3.05, 3.63) is 0 Å². The lowest BCUT2D eigenvalue weighted by Crippen LogP contribution is -2.47. The second-order valence-electron chi connectivity index (χ2n) is 3.93. The van der Waals surface area contributed by atoms with Gasteiger partial charge in [0.15, 0.2) is 0 Å². The van der Waals surface area contributed by atoms with Gasteiger partial charge in [-0.25, -0.2) is 0 Å². The maximum Gasteiger partial charge on any atom is 0.0587 e. The summed E-state index contributed by atoms with van der Waals surface area (Å²) in [5.74, 6) is 1.67. The first kappa shape index (κ1) is 13.1. The van der Waals surface area contributed by atoms with E-state index in [1.165, 1.54) is 0 Å². The minimum Gasteiger partial charge on any atom is -0.383 e. The largest absolute Gasteiger partial charge is 0.383 e. The van der Waals surface area contributed by atoms with Crippen LogP contribution in [0.15, 0.2) is 0 Å². The highest BCUT2D eigenvalue weighted by molar-refractivity contribution is 7.85. The molecule has 1 aliphatic heterocycles. The lowest BCUT2D eigenvalue weighted by Gasteiger charge is -2.32. The molecule has 1 N–H and O–H groups in total. The molecule has 0 spiro atoms. The van der Waals surface area contributed by atoms with Gasteiger partial charge in [-0.2, -0.15) is 0 Å². The summed E-state index contributed by atoms with van der Waals surface area (Å²) in [6.45, 7) is 6.81. The summed E-state index contributed by atoms with van der Waals surface area (Å²) in [6.07, 6.45) is 0. The fourth-order valence-electron chi connectivity index (χ4n) is 1.71.